The minimum absolute atomic E-state index is 0.0410. The van der Waals surface area contributed by atoms with E-state index in [2.05, 4.69) is 107 Å². The predicted octanol–water partition coefficient (Wildman–Crippen LogP) is 18.6. The van der Waals surface area contributed by atoms with Crippen molar-refractivity contribution in [3.8, 4) is 9.75 Å². The smallest absolute Gasteiger partial charge is 0.185 e. The number of hydrogen-bond acceptors (Lipinski definition) is 10. The number of fused-ring (bicyclic) bond motifs is 2. The molecule has 2 atom stereocenters. The zero-order chi connectivity index (χ0) is 54.4. The number of thiophene rings is 2. The largest absolute Gasteiger partial charge is 0.289 e. The second-order valence-electron chi connectivity index (χ2n) is 19.9. The highest BCUT2D eigenvalue weighted by Gasteiger charge is 2.33. The number of rotatable bonds is 17. The fourth-order valence-electron chi connectivity index (χ4n) is 10.5. The molecule has 4 heterocycles. The molecule has 8 nitrogen and oxygen atoms in total. The average molecular weight is 1120 g/mol. The SMILES string of the molecule is O=C1C(Cc2ccccc2)=CC(C(/N=N/c2ccnc3cc(Cl)ccc23)c2ccc(-c3ccc(C(/N=N/c4ccnc5cc(Cl)ccc45)C4C=C(Cc5ccccc5)C(=O)C(Cc5ccccc5)=C4)s3)s2)C=C1Cc1ccccc1. The number of aromatic nitrogens is 2. The van der Waals surface area contributed by atoms with Gasteiger partial charge in [0, 0.05) is 113 Å². The number of hydrogen-bond donors (Lipinski definition) is 0. The van der Waals surface area contributed by atoms with Crippen LogP contribution in [0.3, 0.4) is 0 Å². The summed E-state index contributed by atoms with van der Waals surface area (Å²) in [6.45, 7) is 0. The van der Waals surface area contributed by atoms with Crippen LogP contribution in [-0.2, 0) is 35.3 Å². The maximum Gasteiger partial charge on any atom is 0.185 e. The molecule has 0 spiro atoms. The second-order valence-corrected chi connectivity index (χ2v) is 23.0. The predicted molar refractivity (Wildman–Crippen MR) is 326 cm³/mol. The number of halogens is 2. The van der Waals surface area contributed by atoms with E-state index in [1.54, 1.807) is 35.1 Å². The molecule has 6 aromatic carbocycles. The van der Waals surface area contributed by atoms with Crippen molar-refractivity contribution in [1.29, 1.82) is 0 Å². The van der Waals surface area contributed by atoms with Crippen LogP contribution in [0.5, 0.6) is 0 Å². The number of pyridine rings is 2. The highest BCUT2D eigenvalue weighted by atomic mass is 35.5. The average Bonchev–Trinajstić information content (AvgIpc) is 4.21. The van der Waals surface area contributed by atoms with Gasteiger partial charge in [0.25, 0.3) is 0 Å². The van der Waals surface area contributed by atoms with Crippen LogP contribution in [0.2, 0.25) is 10.0 Å². The zero-order valence-corrected chi connectivity index (χ0v) is 46.3. The van der Waals surface area contributed by atoms with Crippen LogP contribution in [0.25, 0.3) is 31.6 Å². The Bertz CT molecular complexity index is 3720. The molecule has 10 aromatic rings. The minimum atomic E-state index is -0.499. The molecule has 0 saturated heterocycles. The van der Waals surface area contributed by atoms with Gasteiger partial charge in [0.05, 0.1) is 22.4 Å². The van der Waals surface area contributed by atoms with Crippen LogP contribution in [0, 0.1) is 11.8 Å². The summed E-state index contributed by atoms with van der Waals surface area (Å²) in [5.41, 5.74) is 9.92. The Morgan fingerprint density at radius 3 is 1.09 bits per heavy atom. The number of ketones is 2. The number of carbonyl (C=O) groups is 2. The zero-order valence-electron chi connectivity index (χ0n) is 43.1. The first-order valence-corrected chi connectivity index (χ1v) is 28.8. The number of Topliss-reactive ketones (excluding diaryl/α,β-unsaturated/α-hetero) is 2. The van der Waals surface area contributed by atoms with Gasteiger partial charge in [-0.05, 0) is 95.1 Å². The van der Waals surface area contributed by atoms with Gasteiger partial charge in [0.2, 0.25) is 0 Å². The lowest BCUT2D eigenvalue weighted by Gasteiger charge is -2.24. The third-order valence-corrected chi connectivity index (χ3v) is 17.4. The topological polar surface area (TPSA) is 109 Å². The van der Waals surface area contributed by atoms with E-state index in [1.165, 1.54) is 0 Å². The van der Waals surface area contributed by atoms with Crippen molar-refractivity contribution in [2.45, 2.75) is 37.8 Å². The van der Waals surface area contributed by atoms with Gasteiger partial charge < -0.3 is 0 Å². The van der Waals surface area contributed by atoms with E-state index >= 15 is 0 Å². The van der Waals surface area contributed by atoms with Gasteiger partial charge in [-0.25, -0.2) is 0 Å². The van der Waals surface area contributed by atoms with Crippen LogP contribution >= 0.6 is 45.9 Å². The Morgan fingerprint density at radius 2 is 0.750 bits per heavy atom. The number of benzene rings is 6. The lowest BCUT2D eigenvalue weighted by atomic mass is 9.81. The van der Waals surface area contributed by atoms with E-state index in [0.717, 1.165) is 85.9 Å². The second kappa shape index (κ2) is 23.9. The summed E-state index contributed by atoms with van der Waals surface area (Å²) >= 11 is 16.2. The van der Waals surface area contributed by atoms with Crippen molar-refractivity contribution in [3.63, 3.8) is 0 Å². The first-order valence-electron chi connectivity index (χ1n) is 26.4. The molecular weight excluding hydrogens is 1070 g/mol. The lowest BCUT2D eigenvalue weighted by Crippen LogP contribution is -2.20. The van der Waals surface area contributed by atoms with Crippen molar-refractivity contribution < 1.29 is 9.59 Å². The van der Waals surface area contributed by atoms with Crippen molar-refractivity contribution in [1.82, 2.24) is 9.97 Å². The first-order chi connectivity index (χ1) is 39.2. The van der Waals surface area contributed by atoms with E-state index in [1.807, 2.05) is 121 Å². The van der Waals surface area contributed by atoms with Crippen LogP contribution in [0.4, 0.5) is 11.4 Å². The molecule has 0 radical (unpaired) electrons. The van der Waals surface area contributed by atoms with Gasteiger partial charge in [-0.15, -0.1) is 22.7 Å². The fourth-order valence-corrected chi connectivity index (χ4v) is 13.1. The molecule has 0 aliphatic heterocycles. The van der Waals surface area contributed by atoms with Crippen LogP contribution in [0.15, 0.2) is 274 Å². The summed E-state index contributed by atoms with van der Waals surface area (Å²) in [6, 6.07) is 63.0. The fraction of sp³-hybridized carbons (Fsp3) is 0.118. The van der Waals surface area contributed by atoms with Gasteiger partial charge in [-0.1, -0.05) is 169 Å². The van der Waals surface area contributed by atoms with Gasteiger partial charge in [-0.2, -0.15) is 20.5 Å². The summed E-state index contributed by atoms with van der Waals surface area (Å²) in [5.74, 6) is -0.539. The van der Waals surface area contributed by atoms with E-state index in [0.29, 0.717) is 47.1 Å². The Morgan fingerprint density at radius 1 is 0.412 bits per heavy atom. The maximum absolute atomic E-state index is 14.5. The molecule has 2 aliphatic rings. The van der Waals surface area contributed by atoms with Crippen molar-refractivity contribution in [2.75, 3.05) is 0 Å². The molecule has 0 N–H and O–H groups in total. The van der Waals surface area contributed by atoms with Gasteiger partial charge >= 0.3 is 0 Å². The Labute approximate surface area is 482 Å². The summed E-state index contributed by atoms with van der Waals surface area (Å²) < 4.78 is 0. The molecule has 0 saturated carbocycles. The van der Waals surface area contributed by atoms with E-state index < -0.39 is 12.1 Å². The number of nitrogens with zero attached hydrogens (tertiary/aromatic N) is 6. The van der Waals surface area contributed by atoms with Gasteiger partial charge in [0.1, 0.15) is 12.1 Å². The molecule has 12 rings (SSSR count). The molecule has 0 fully saturated rings. The molecule has 80 heavy (non-hydrogen) atoms. The summed E-state index contributed by atoms with van der Waals surface area (Å²) in [7, 11) is 0. The van der Waals surface area contributed by atoms with Gasteiger partial charge in [0.15, 0.2) is 11.6 Å². The van der Waals surface area contributed by atoms with Crippen LogP contribution < -0.4 is 0 Å². The number of carbonyl (C=O) groups excluding carboxylic acids is 2. The molecule has 12 heteroatoms. The first kappa shape index (κ1) is 52.3. The number of allylic oxidation sites excluding steroid dienone is 4. The molecule has 0 amide bonds. The van der Waals surface area contributed by atoms with E-state index in [-0.39, 0.29) is 23.4 Å². The van der Waals surface area contributed by atoms with Crippen molar-refractivity contribution in [3.05, 3.63) is 295 Å². The highest BCUT2D eigenvalue weighted by Crippen LogP contribution is 2.46. The third-order valence-electron chi connectivity index (χ3n) is 14.4. The molecule has 4 aromatic heterocycles. The lowest BCUT2D eigenvalue weighted by molar-refractivity contribution is -0.113. The third kappa shape index (κ3) is 12.0. The Hall–Kier alpha value is -8.38. The van der Waals surface area contributed by atoms with Gasteiger partial charge in [-0.3, -0.25) is 19.6 Å². The Kier molecular flexibility index (Phi) is 15.6. The quantitative estimate of drug-likeness (QED) is 0.0846. The van der Waals surface area contributed by atoms with Crippen molar-refractivity contribution in [2.24, 2.45) is 32.3 Å². The van der Waals surface area contributed by atoms with Crippen LogP contribution in [0.1, 0.15) is 44.1 Å². The maximum atomic E-state index is 14.5. The normalized spacial score (nSPS) is 15.1. The molecule has 2 unspecified atom stereocenters. The van der Waals surface area contributed by atoms with E-state index in [9.17, 15) is 9.59 Å². The molecule has 2 aliphatic carbocycles. The standard InChI is InChI=1S/C68H50Cl2N6O2S2/c69-53-21-23-55-57(29-31-71-59(55)41-53)73-75-65(47-37-49(33-43-13-5-1-6-14-43)67(77)50(38-47)34-44-15-7-2-8-16-44)63-27-25-61(79-63)62-26-28-64(80-62)66(76-74-58-30-32-72-60-42-54(70)22-24-56(58)60)48-39-51(35-45-17-9-3-10-18-45)68(78)52(40-48)36-46-19-11-4-12-20-46/h1-32,37-42,47-48,65-66H,33-36H2/b75-73+,76-74+. The summed E-state index contributed by atoms with van der Waals surface area (Å²) in [5, 5.41) is 23.3. The number of azo groups is 2. The molecule has 0 bridgehead atoms. The summed E-state index contributed by atoms with van der Waals surface area (Å²) in [4.78, 5) is 42.2. The summed E-state index contributed by atoms with van der Waals surface area (Å²) in [6.07, 6.45) is 13.8. The Balaban J connectivity index is 0.951. The highest BCUT2D eigenvalue weighted by molar-refractivity contribution is 7.22. The molecular formula is C68H50Cl2N6O2S2. The van der Waals surface area contributed by atoms with Crippen LogP contribution in [-0.4, -0.2) is 21.5 Å². The van der Waals surface area contributed by atoms with Crippen molar-refractivity contribution >= 4 is 90.6 Å². The minimum Gasteiger partial charge on any atom is -0.289 e. The molecule has 390 valence electrons. The monoisotopic (exact) mass is 1120 g/mol. The van der Waals surface area contributed by atoms with E-state index in [4.69, 9.17) is 43.7 Å².